The number of piperidine rings is 1. The Bertz CT molecular complexity index is 1220. The number of halogens is 1. The smallest absolute Gasteiger partial charge is 0.322 e. The summed E-state index contributed by atoms with van der Waals surface area (Å²) in [6.07, 6.45) is 2.39. The summed E-state index contributed by atoms with van der Waals surface area (Å²) < 4.78 is 13.5. The van der Waals surface area contributed by atoms with Gasteiger partial charge in [0.15, 0.2) is 11.4 Å². The van der Waals surface area contributed by atoms with Gasteiger partial charge in [-0.1, -0.05) is 24.3 Å². The maximum absolute atomic E-state index is 13.5. The normalized spacial score (nSPS) is 14.1. The molecular formula is C26H27FN4O4. The maximum atomic E-state index is 13.5. The number of carboxylic acids is 1. The first-order valence-electron chi connectivity index (χ1n) is 11.5. The summed E-state index contributed by atoms with van der Waals surface area (Å²) in [4.78, 5) is 33.8. The predicted octanol–water partition coefficient (Wildman–Crippen LogP) is 3.57. The third-order valence-corrected chi connectivity index (χ3v) is 6.20. The largest absolute Gasteiger partial charge is 0.504 e. The fourth-order valence-corrected chi connectivity index (χ4v) is 4.30. The highest BCUT2D eigenvalue weighted by atomic mass is 19.1. The van der Waals surface area contributed by atoms with Crippen molar-refractivity contribution in [3.8, 4) is 16.9 Å². The van der Waals surface area contributed by atoms with Gasteiger partial charge in [0.2, 0.25) is 0 Å². The molecule has 3 N–H and O–H groups in total. The molecule has 0 saturated carbocycles. The molecule has 3 aromatic rings. The first kappa shape index (κ1) is 24.1. The number of amides is 1. The summed E-state index contributed by atoms with van der Waals surface area (Å²) in [5.41, 5.74) is 3.00. The van der Waals surface area contributed by atoms with Crippen molar-refractivity contribution in [1.82, 2.24) is 15.3 Å². The second-order valence-electron chi connectivity index (χ2n) is 8.69. The van der Waals surface area contributed by atoms with Crippen LogP contribution in [0.4, 0.5) is 10.1 Å². The molecule has 1 aliphatic rings. The van der Waals surface area contributed by atoms with E-state index in [1.54, 1.807) is 13.0 Å². The predicted molar refractivity (Wildman–Crippen MR) is 129 cm³/mol. The van der Waals surface area contributed by atoms with E-state index in [2.05, 4.69) is 32.3 Å². The number of rotatable bonds is 7. The van der Waals surface area contributed by atoms with Crippen molar-refractivity contribution in [1.29, 1.82) is 0 Å². The van der Waals surface area contributed by atoms with Gasteiger partial charge in [-0.2, -0.15) is 0 Å². The van der Waals surface area contributed by atoms with Crippen LogP contribution in [0.25, 0.3) is 11.1 Å². The third kappa shape index (κ3) is 5.92. The molecule has 1 aromatic heterocycles. The monoisotopic (exact) mass is 478 g/mol. The van der Waals surface area contributed by atoms with Crippen LogP contribution in [0, 0.1) is 18.7 Å². The molecule has 1 fully saturated rings. The number of aromatic hydroxyl groups is 1. The number of nitrogens with one attached hydrogen (secondary N) is 1. The van der Waals surface area contributed by atoms with Crippen LogP contribution in [-0.2, 0) is 11.2 Å². The number of aromatic nitrogens is 2. The molecule has 0 unspecified atom stereocenters. The molecule has 1 saturated heterocycles. The summed E-state index contributed by atoms with van der Waals surface area (Å²) in [6.45, 7) is 2.74. The Labute approximate surface area is 202 Å². The summed E-state index contributed by atoms with van der Waals surface area (Å²) in [6, 6.07) is 14.6. The van der Waals surface area contributed by atoms with E-state index < -0.39 is 18.4 Å². The average molecular weight is 479 g/mol. The summed E-state index contributed by atoms with van der Waals surface area (Å²) in [7, 11) is 0. The van der Waals surface area contributed by atoms with Gasteiger partial charge in [0.25, 0.3) is 5.91 Å². The third-order valence-electron chi connectivity index (χ3n) is 6.20. The van der Waals surface area contributed by atoms with Gasteiger partial charge in [0.1, 0.15) is 18.2 Å². The zero-order chi connectivity index (χ0) is 24.9. The van der Waals surface area contributed by atoms with Crippen LogP contribution in [0.3, 0.4) is 0 Å². The Kier molecular flexibility index (Phi) is 7.24. The quantitative estimate of drug-likeness (QED) is 0.475. The van der Waals surface area contributed by atoms with Crippen LogP contribution in [-0.4, -0.2) is 51.7 Å². The second-order valence-corrected chi connectivity index (χ2v) is 8.69. The van der Waals surface area contributed by atoms with Gasteiger partial charge in [-0.15, -0.1) is 0 Å². The van der Waals surface area contributed by atoms with Gasteiger partial charge in [-0.25, -0.2) is 14.4 Å². The van der Waals surface area contributed by atoms with E-state index >= 15 is 0 Å². The number of anilines is 1. The minimum absolute atomic E-state index is 0.204. The molecule has 182 valence electrons. The zero-order valence-corrected chi connectivity index (χ0v) is 19.4. The Morgan fingerprint density at radius 2 is 1.80 bits per heavy atom. The molecule has 35 heavy (non-hydrogen) atoms. The summed E-state index contributed by atoms with van der Waals surface area (Å²) in [5.74, 6) is -1.75. The Morgan fingerprint density at radius 1 is 1.09 bits per heavy atom. The molecule has 1 amide bonds. The first-order valence-corrected chi connectivity index (χ1v) is 11.5. The minimum atomic E-state index is -1.18. The number of hydrogen-bond acceptors (Lipinski definition) is 6. The van der Waals surface area contributed by atoms with Gasteiger partial charge < -0.3 is 20.4 Å². The van der Waals surface area contributed by atoms with Gasteiger partial charge >= 0.3 is 5.97 Å². The van der Waals surface area contributed by atoms with Crippen molar-refractivity contribution >= 4 is 17.6 Å². The SMILES string of the molecule is Cc1nc(CC2CCN(c3ccc(-c4cccc(F)c4)cc3)CC2)nc(C(=O)NCC(=O)O)c1O. The molecular weight excluding hydrogens is 451 g/mol. The fraction of sp³-hybridized carbons (Fsp3) is 0.308. The summed E-state index contributed by atoms with van der Waals surface area (Å²) in [5, 5.41) is 21.2. The fourth-order valence-electron chi connectivity index (χ4n) is 4.30. The molecule has 0 bridgehead atoms. The van der Waals surface area contributed by atoms with E-state index in [0.29, 0.717) is 18.2 Å². The number of carbonyl (C=O) groups is 2. The zero-order valence-electron chi connectivity index (χ0n) is 19.4. The number of carboxylic acid groups (broad SMARTS) is 1. The second kappa shape index (κ2) is 10.5. The van der Waals surface area contributed by atoms with Crippen molar-refractivity contribution in [2.45, 2.75) is 26.2 Å². The number of aryl methyl sites for hydroxylation is 1. The lowest BCUT2D eigenvalue weighted by Crippen LogP contribution is -2.34. The van der Waals surface area contributed by atoms with E-state index in [0.717, 1.165) is 42.7 Å². The number of nitrogens with zero attached hydrogens (tertiary/aromatic N) is 3. The van der Waals surface area contributed by atoms with E-state index in [1.807, 2.05) is 18.2 Å². The molecule has 1 aliphatic heterocycles. The van der Waals surface area contributed by atoms with Gasteiger partial charge in [0.05, 0.1) is 5.69 Å². The standard InChI is InChI=1S/C26H27FN4O4/c1-16-25(34)24(26(35)28-15-23(32)33)30-22(29-16)13-17-9-11-31(12-10-17)21-7-5-18(6-8-21)19-3-2-4-20(27)14-19/h2-8,14,17,34H,9-13,15H2,1H3,(H,28,35)(H,32,33). The molecule has 8 nitrogen and oxygen atoms in total. The van der Waals surface area contributed by atoms with Gasteiger partial charge in [0, 0.05) is 25.2 Å². The lowest BCUT2D eigenvalue weighted by molar-refractivity contribution is -0.135. The van der Waals surface area contributed by atoms with Crippen LogP contribution >= 0.6 is 0 Å². The number of hydrogen-bond donors (Lipinski definition) is 3. The molecule has 4 rings (SSSR count). The highest BCUT2D eigenvalue weighted by Crippen LogP contribution is 2.28. The van der Waals surface area contributed by atoms with Crippen molar-refractivity contribution in [3.05, 3.63) is 71.6 Å². The highest BCUT2D eigenvalue weighted by molar-refractivity contribution is 5.96. The van der Waals surface area contributed by atoms with Crippen LogP contribution in [0.1, 0.15) is 34.8 Å². The molecule has 2 aromatic carbocycles. The molecule has 9 heteroatoms. The van der Waals surface area contributed by atoms with Gasteiger partial charge in [-0.05, 0) is 61.1 Å². The van der Waals surface area contributed by atoms with Crippen molar-refractivity contribution in [2.75, 3.05) is 24.5 Å². The van der Waals surface area contributed by atoms with Crippen LogP contribution < -0.4 is 10.2 Å². The van der Waals surface area contributed by atoms with Crippen molar-refractivity contribution < 1.29 is 24.2 Å². The molecule has 0 radical (unpaired) electrons. The lowest BCUT2D eigenvalue weighted by atomic mass is 9.92. The van der Waals surface area contributed by atoms with Gasteiger partial charge in [-0.3, -0.25) is 9.59 Å². The maximum Gasteiger partial charge on any atom is 0.322 e. The molecule has 0 atom stereocenters. The number of aliphatic carboxylic acids is 1. The average Bonchev–Trinajstić information content (AvgIpc) is 2.85. The molecule has 0 aliphatic carbocycles. The Hall–Kier alpha value is -4.01. The van der Waals surface area contributed by atoms with Crippen LogP contribution in [0.15, 0.2) is 48.5 Å². The summed E-state index contributed by atoms with van der Waals surface area (Å²) >= 11 is 0. The Morgan fingerprint density at radius 3 is 2.46 bits per heavy atom. The van der Waals surface area contributed by atoms with E-state index in [9.17, 15) is 19.1 Å². The van der Waals surface area contributed by atoms with Crippen LogP contribution in [0.5, 0.6) is 5.75 Å². The van der Waals surface area contributed by atoms with Crippen molar-refractivity contribution in [3.63, 3.8) is 0 Å². The van der Waals surface area contributed by atoms with E-state index in [4.69, 9.17) is 5.11 Å². The number of carbonyl (C=O) groups excluding carboxylic acids is 1. The highest BCUT2D eigenvalue weighted by Gasteiger charge is 2.23. The van der Waals surface area contributed by atoms with Crippen LogP contribution in [0.2, 0.25) is 0 Å². The molecule has 0 spiro atoms. The van der Waals surface area contributed by atoms with E-state index in [-0.39, 0.29) is 23.0 Å². The van der Waals surface area contributed by atoms with E-state index in [1.165, 1.54) is 12.1 Å². The molecule has 2 heterocycles. The number of benzene rings is 2. The van der Waals surface area contributed by atoms with Crippen molar-refractivity contribution in [2.24, 2.45) is 5.92 Å². The Balaban J connectivity index is 1.37. The topological polar surface area (TPSA) is 116 Å². The first-order chi connectivity index (χ1) is 16.8. The minimum Gasteiger partial charge on any atom is -0.504 e. The lowest BCUT2D eigenvalue weighted by Gasteiger charge is -2.33.